The molecule has 2 aliphatic carbocycles. The minimum absolute atomic E-state index is 0.0745. The lowest BCUT2D eigenvalue weighted by atomic mass is 9.71. The first-order valence-electron chi connectivity index (χ1n) is 12.9. The summed E-state index contributed by atoms with van der Waals surface area (Å²) < 4.78 is 22.0. The zero-order valence-electron chi connectivity index (χ0n) is 21.1. The standard InChI is InChI=1S/C24H39N3O5/c1-15(2)8-21(23(30)26-20(13-28)12-19-6-7-25-22(19)29)27-24(31)32-14-18-10-16-4-3-5-17(9-16)11-18/h3-4,15-21,28H,5-14H2,1-2H3,(H,25,29)(H,26,30)(H,27,31)/t16-,17+,18-,19+,20+,21+/m1/s1/i14D2. The smallest absolute Gasteiger partial charge is 0.407 e. The van der Waals surface area contributed by atoms with Crippen molar-refractivity contribution in [2.45, 2.75) is 70.9 Å². The van der Waals surface area contributed by atoms with E-state index in [2.05, 4.69) is 28.1 Å². The number of carbonyl (C=O) groups is 3. The van der Waals surface area contributed by atoms with E-state index >= 15 is 0 Å². The number of carbonyl (C=O) groups excluding carboxylic acids is 3. The van der Waals surface area contributed by atoms with Gasteiger partial charge in [-0.15, -0.1) is 0 Å². The Kier molecular flexibility index (Phi) is 7.94. The van der Waals surface area contributed by atoms with Crippen LogP contribution in [0.3, 0.4) is 0 Å². The van der Waals surface area contributed by atoms with Crippen molar-refractivity contribution in [3.63, 3.8) is 0 Å². The Balaban J connectivity index is 1.57. The molecule has 3 rings (SSSR count). The van der Waals surface area contributed by atoms with Gasteiger partial charge in [0.1, 0.15) is 6.04 Å². The molecule has 0 spiro atoms. The van der Waals surface area contributed by atoms with E-state index in [1.54, 1.807) is 0 Å². The van der Waals surface area contributed by atoms with Crippen molar-refractivity contribution in [2.24, 2.45) is 29.6 Å². The van der Waals surface area contributed by atoms with Crippen molar-refractivity contribution in [1.82, 2.24) is 16.0 Å². The molecule has 1 saturated heterocycles. The Morgan fingerprint density at radius 1 is 1.31 bits per heavy atom. The molecule has 1 heterocycles. The molecule has 3 aliphatic rings. The summed E-state index contributed by atoms with van der Waals surface area (Å²) in [7, 11) is 0. The summed E-state index contributed by atoms with van der Waals surface area (Å²) in [5.41, 5.74) is 0. The second kappa shape index (κ2) is 11.7. The van der Waals surface area contributed by atoms with Crippen LogP contribution in [0.2, 0.25) is 0 Å². The predicted molar refractivity (Wildman–Crippen MR) is 121 cm³/mol. The number of aliphatic hydroxyl groups is 1. The maximum Gasteiger partial charge on any atom is 0.407 e. The molecule has 0 radical (unpaired) electrons. The Hall–Kier alpha value is -2.09. The molecule has 2 bridgehead atoms. The fourth-order valence-corrected chi connectivity index (χ4v) is 5.10. The van der Waals surface area contributed by atoms with Gasteiger partial charge in [0, 0.05) is 12.5 Å². The Bertz CT molecular complexity index is 776. The van der Waals surface area contributed by atoms with Gasteiger partial charge < -0.3 is 25.8 Å². The maximum absolute atomic E-state index is 12.9. The van der Waals surface area contributed by atoms with E-state index in [-0.39, 0.29) is 30.3 Å². The molecule has 3 amide bonds. The van der Waals surface area contributed by atoms with Gasteiger partial charge in [-0.25, -0.2) is 4.79 Å². The molecule has 1 saturated carbocycles. The first-order valence-corrected chi connectivity index (χ1v) is 11.9. The molecule has 0 aromatic heterocycles. The predicted octanol–water partition coefficient (Wildman–Crippen LogP) is 2.12. The number of rotatable bonds is 10. The number of ether oxygens (including phenoxy) is 1. The lowest BCUT2D eigenvalue weighted by molar-refractivity contribution is -0.126. The summed E-state index contributed by atoms with van der Waals surface area (Å²) >= 11 is 0. The highest BCUT2D eigenvalue weighted by atomic mass is 16.5. The van der Waals surface area contributed by atoms with Gasteiger partial charge in [-0.2, -0.15) is 0 Å². The van der Waals surface area contributed by atoms with Gasteiger partial charge in [-0.1, -0.05) is 26.0 Å². The first-order chi connectivity index (χ1) is 16.1. The lowest BCUT2D eigenvalue weighted by Crippen LogP contribution is -2.51. The van der Waals surface area contributed by atoms with Crippen molar-refractivity contribution in [2.75, 3.05) is 19.7 Å². The van der Waals surface area contributed by atoms with Crippen molar-refractivity contribution < 1.29 is 27.0 Å². The number of amides is 3. The van der Waals surface area contributed by atoms with E-state index in [9.17, 15) is 19.5 Å². The molecule has 8 nitrogen and oxygen atoms in total. The largest absolute Gasteiger partial charge is 0.449 e. The molecular weight excluding hydrogens is 410 g/mol. The van der Waals surface area contributed by atoms with Crippen LogP contribution in [0.15, 0.2) is 12.2 Å². The molecule has 2 fully saturated rings. The Morgan fingerprint density at radius 2 is 2.12 bits per heavy atom. The fraction of sp³-hybridized carbons (Fsp3) is 0.792. The minimum Gasteiger partial charge on any atom is -0.449 e. The monoisotopic (exact) mass is 451 g/mol. The quantitative estimate of drug-likeness (QED) is 0.380. The van der Waals surface area contributed by atoms with Crippen LogP contribution in [0.25, 0.3) is 0 Å². The van der Waals surface area contributed by atoms with E-state index in [4.69, 9.17) is 7.48 Å². The van der Waals surface area contributed by atoms with Crippen LogP contribution < -0.4 is 16.0 Å². The molecule has 0 aromatic rings. The number of allylic oxidation sites excluding steroid dienone is 2. The third kappa shape index (κ3) is 7.22. The van der Waals surface area contributed by atoms with Gasteiger partial charge in [0.2, 0.25) is 11.8 Å². The maximum atomic E-state index is 12.9. The number of aliphatic hydroxyl groups excluding tert-OH is 1. The molecular formula is C24H39N3O5. The number of hydrogen-bond acceptors (Lipinski definition) is 5. The first kappa shape index (κ1) is 21.7. The van der Waals surface area contributed by atoms with E-state index in [1.165, 1.54) is 0 Å². The summed E-state index contributed by atoms with van der Waals surface area (Å²) in [4.78, 5) is 37.4. The van der Waals surface area contributed by atoms with Crippen LogP contribution in [0.5, 0.6) is 0 Å². The number of nitrogens with one attached hydrogen (secondary N) is 3. The van der Waals surface area contributed by atoms with Crippen molar-refractivity contribution in [3.8, 4) is 0 Å². The lowest BCUT2D eigenvalue weighted by Gasteiger charge is -2.35. The minimum atomic E-state index is -2.13. The highest BCUT2D eigenvalue weighted by molar-refractivity contribution is 5.86. The molecule has 0 aromatic carbocycles. The van der Waals surface area contributed by atoms with Crippen LogP contribution in [0.4, 0.5) is 4.79 Å². The topological polar surface area (TPSA) is 117 Å². The highest BCUT2D eigenvalue weighted by Gasteiger charge is 2.32. The van der Waals surface area contributed by atoms with Crippen LogP contribution in [-0.2, 0) is 14.3 Å². The summed E-state index contributed by atoms with van der Waals surface area (Å²) in [6.07, 6.45) is 7.91. The molecule has 180 valence electrons. The summed E-state index contributed by atoms with van der Waals surface area (Å²) in [6.45, 7) is 1.95. The molecule has 4 N–H and O–H groups in total. The highest BCUT2D eigenvalue weighted by Crippen LogP contribution is 2.39. The van der Waals surface area contributed by atoms with Crippen molar-refractivity contribution in [1.29, 1.82) is 0 Å². The average Bonchev–Trinajstić information content (AvgIpc) is 3.16. The molecule has 32 heavy (non-hydrogen) atoms. The van der Waals surface area contributed by atoms with Crippen LogP contribution in [-0.4, -0.2) is 54.8 Å². The van der Waals surface area contributed by atoms with E-state index in [1.807, 2.05) is 13.8 Å². The second-order valence-electron chi connectivity index (χ2n) is 9.93. The normalized spacial score (nSPS) is 30.1. The van der Waals surface area contributed by atoms with Gasteiger partial charge >= 0.3 is 6.09 Å². The van der Waals surface area contributed by atoms with Gasteiger partial charge in [0.15, 0.2) is 0 Å². The Labute approximate surface area is 193 Å². The third-order valence-electron chi connectivity index (χ3n) is 6.65. The van der Waals surface area contributed by atoms with Crippen molar-refractivity contribution in [3.05, 3.63) is 12.2 Å². The number of hydrogen-bond donors (Lipinski definition) is 4. The number of alkyl carbamates (subject to hydrolysis) is 1. The molecule has 1 aliphatic heterocycles. The van der Waals surface area contributed by atoms with Crippen LogP contribution >= 0.6 is 0 Å². The van der Waals surface area contributed by atoms with Crippen molar-refractivity contribution >= 4 is 17.9 Å². The molecule has 6 atom stereocenters. The zero-order chi connectivity index (χ0) is 24.9. The SMILES string of the molecule is [2H]C([2H])(OC(=O)N[C@@H](CC(C)C)C(=O)N[C@H](CO)C[C@@H]1CCNC1=O)[C@@H]1C[C@@H]2C=CC[C@@H](C2)C1. The fourth-order valence-electron chi connectivity index (χ4n) is 5.10. The number of fused-ring (bicyclic) bond motifs is 2. The average molecular weight is 452 g/mol. The van der Waals surface area contributed by atoms with Gasteiger partial charge in [0.25, 0.3) is 0 Å². The van der Waals surface area contributed by atoms with Gasteiger partial charge in [0.05, 0.1) is 21.9 Å². The van der Waals surface area contributed by atoms with Gasteiger partial charge in [-0.3, -0.25) is 9.59 Å². The summed E-state index contributed by atoms with van der Waals surface area (Å²) in [5.74, 6) is -0.427. The van der Waals surface area contributed by atoms with Crippen LogP contribution in [0.1, 0.15) is 61.5 Å². The van der Waals surface area contributed by atoms with Gasteiger partial charge in [-0.05, 0) is 68.6 Å². The molecule has 0 unspecified atom stereocenters. The zero-order valence-corrected chi connectivity index (χ0v) is 19.1. The van der Waals surface area contributed by atoms with E-state index < -0.39 is 30.6 Å². The second-order valence-corrected chi connectivity index (χ2v) is 9.93. The molecule has 8 heteroatoms. The summed E-state index contributed by atoms with van der Waals surface area (Å²) in [5, 5.41) is 17.7. The third-order valence-corrected chi connectivity index (χ3v) is 6.65. The van der Waals surface area contributed by atoms with E-state index in [0.717, 1.165) is 12.8 Å². The summed E-state index contributed by atoms with van der Waals surface area (Å²) in [6, 6.07) is -1.56. The van der Waals surface area contributed by atoms with E-state index in [0.29, 0.717) is 50.5 Å². The van der Waals surface area contributed by atoms with Crippen LogP contribution in [0, 0.1) is 29.6 Å². The Morgan fingerprint density at radius 3 is 2.78 bits per heavy atom.